The molecule has 3 aromatic rings. The minimum absolute atomic E-state index is 0.871. The summed E-state index contributed by atoms with van der Waals surface area (Å²) in [6, 6.07) is 22.3. The van der Waals surface area contributed by atoms with Gasteiger partial charge in [-0.3, -0.25) is 0 Å². The van der Waals surface area contributed by atoms with E-state index < -0.39 is 0 Å². The van der Waals surface area contributed by atoms with E-state index in [1.54, 1.807) is 11.1 Å². The van der Waals surface area contributed by atoms with Gasteiger partial charge in [0.25, 0.3) is 0 Å². The van der Waals surface area contributed by atoms with E-state index in [0.717, 1.165) is 5.92 Å². The van der Waals surface area contributed by atoms with Crippen LogP contribution in [0.1, 0.15) is 30.9 Å². The second-order valence-electron chi connectivity index (χ2n) is 6.49. The second kappa shape index (κ2) is 5.61. The lowest BCUT2D eigenvalue weighted by molar-refractivity contribution is 0.445. The van der Waals surface area contributed by atoms with Gasteiger partial charge in [0, 0.05) is 0 Å². The summed E-state index contributed by atoms with van der Waals surface area (Å²) in [5.74, 6) is 0.871. The first-order valence-electron chi connectivity index (χ1n) is 8.45. The Kier molecular flexibility index (Phi) is 3.46. The molecule has 0 nitrogen and oxygen atoms in total. The van der Waals surface area contributed by atoms with Crippen LogP contribution in [-0.2, 0) is 12.8 Å². The lowest BCUT2D eigenvalue weighted by Crippen LogP contribution is -2.14. The molecule has 0 aromatic heterocycles. The van der Waals surface area contributed by atoms with Crippen LogP contribution in [0.15, 0.2) is 60.7 Å². The standard InChI is InChI=1S/C22H22/c1-2-16-13-14-20-18(15-16)9-6-12-22(20)21-11-5-8-17-7-3-4-10-19(17)21/h3-12,16H,2,13-15H2,1H3. The topological polar surface area (TPSA) is 0 Å². The van der Waals surface area contributed by atoms with E-state index >= 15 is 0 Å². The van der Waals surface area contributed by atoms with Crippen molar-refractivity contribution in [3.63, 3.8) is 0 Å². The first kappa shape index (κ1) is 13.6. The van der Waals surface area contributed by atoms with E-state index in [9.17, 15) is 0 Å². The van der Waals surface area contributed by atoms with Gasteiger partial charge in [0.15, 0.2) is 0 Å². The van der Waals surface area contributed by atoms with E-state index in [1.807, 2.05) is 0 Å². The van der Waals surface area contributed by atoms with Gasteiger partial charge in [-0.25, -0.2) is 0 Å². The lowest BCUT2D eigenvalue weighted by atomic mass is 9.79. The Labute approximate surface area is 132 Å². The fourth-order valence-corrected chi connectivity index (χ4v) is 3.94. The van der Waals surface area contributed by atoms with Gasteiger partial charge in [0.1, 0.15) is 0 Å². The third kappa shape index (κ3) is 2.23. The predicted octanol–water partition coefficient (Wildman–Crippen LogP) is 6.02. The molecule has 0 fully saturated rings. The van der Waals surface area contributed by atoms with E-state index in [1.165, 1.54) is 47.6 Å². The third-order valence-electron chi connectivity index (χ3n) is 5.24. The van der Waals surface area contributed by atoms with Gasteiger partial charge in [0.05, 0.1) is 0 Å². The van der Waals surface area contributed by atoms with Crippen LogP contribution >= 0.6 is 0 Å². The third-order valence-corrected chi connectivity index (χ3v) is 5.24. The Morgan fingerprint density at radius 3 is 2.55 bits per heavy atom. The Balaban J connectivity index is 1.90. The number of benzene rings is 3. The van der Waals surface area contributed by atoms with Crippen LogP contribution in [0, 0.1) is 5.92 Å². The van der Waals surface area contributed by atoms with E-state index in [2.05, 4.69) is 67.6 Å². The maximum absolute atomic E-state index is 2.34. The normalized spacial score (nSPS) is 17.4. The van der Waals surface area contributed by atoms with Crippen LogP contribution < -0.4 is 0 Å². The summed E-state index contributed by atoms with van der Waals surface area (Å²) in [7, 11) is 0. The van der Waals surface area contributed by atoms with Crippen molar-refractivity contribution in [1.29, 1.82) is 0 Å². The Morgan fingerprint density at radius 2 is 1.64 bits per heavy atom. The van der Waals surface area contributed by atoms with Crippen molar-refractivity contribution >= 4 is 10.8 Å². The monoisotopic (exact) mass is 286 g/mol. The smallest absolute Gasteiger partial charge is 0.0103 e. The molecule has 110 valence electrons. The molecule has 4 rings (SSSR count). The van der Waals surface area contributed by atoms with Crippen LogP contribution in [0.4, 0.5) is 0 Å². The van der Waals surface area contributed by atoms with Crippen LogP contribution in [0.2, 0.25) is 0 Å². The number of hydrogen-bond donors (Lipinski definition) is 0. The van der Waals surface area contributed by atoms with Crippen LogP contribution in [0.5, 0.6) is 0 Å². The molecule has 0 saturated carbocycles. The summed E-state index contributed by atoms with van der Waals surface area (Å²) in [6.45, 7) is 2.32. The van der Waals surface area contributed by atoms with Crippen molar-refractivity contribution in [1.82, 2.24) is 0 Å². The molecule has 22 heavy (non-hydrogen) atoms. The quantitative estimate of drug-likeness (QED) is 0.540. The molecule has 0 bridgehead atoms. The number of hydrogen-bond acceptors (Lipinski definition) is 0. The van der Waals surface area contributed by atoms with Gasteiger partial charge in [-0.15, -0.1) is 0 Å². The van der Waals surface area contributed by atoms with Gasteiger partial charge in [-0.2, -0.15) is 0 Å². The second-order valence-corrected chi connectivity index (χ2v) is 6.49. The number of fused-ring (bicyclic) bond motifs is 2. The zero-order valence-electron chi connectivity index (χ0n) is 13.2. The fraction of sp³-hybridized carbons (Fsp3) is 0.273. The molecule has 1 unspecified atom stereocenters. The van der Waals surface area contributed by atoms with Gasteiger partial charge in [0.2, 0.25) is 0 Å². The predicted molar refractivity (Wildman–Crippen MR) is 95.2 cm³/mol. The van der Waals surface area contributed by atoms with Crippen LogP contribution in [0.3, 0.4) is 0 Å². The fourth-order valence-electron chi connectivity index (χ4n) is 3.94. The largest absolute Gasteiger partial charge is 0.0651 e. The molecule has 0 N–H and O–H groups in total. The molecular formula is C22H22. The van der Waals surface area contributed by atoms with Crippen molar-refractivity contribution < 1.29 is 0 Å². The molecule has 0 amide bonds. The molecule has 0 radical (unpaired) electrons. The lowest BCUT2D eigenvalue weighted by Gasteiger charge is -2.26. The average molecular weight is 286 g/mol. The van der Waals surface area contributed by atoms with Crippen LogP contribution in [-0.4, -0.2) is 0 Å². The minimum Gasteiger partial charge on any atom is -0.0651 e. The first-order chi connectivity index (χ1) is 10.9. The molecule has 1 aliphatic carbocycles. The average Bonchev–Trinajstić information content (AvgIpc) is 2.60. The van der Waals surface area contributed by atoms with Crippen LogP contribution in [0.25, 0.3) is 21.9 Å². The first-order valence-corrected chi connectivity index (χ1v) is 8.45. The SMILES string of the molecule is CCC1CCc2c(cccc2-c2cccc3ccccc23)C1. The highest BCUT2D eigenvalue weighted by molar-refractivity contribution is 5.97. The maximum atomic E-state index is 2.34. The Morgan fingerprint density at radius 1 is 0.864 bits per heavy atom. The summed E-state index contributed by atoms with van der Waals surface area (Å²) in [6.07, 6.45) is 5.13. The van der Waals surface area contributed by atoms with E-state index in [4.69, 9.17) is 0 Å². The summed E-state index contributed by atoms with van der Waals surface area (Å²) < 4.78 is 0. The molecule has 1 atom stereocenters. The van der Waals surface area contributed by atoms with E-state index in [0.29, 0.717) is 0 Å². The molecule has 0 heterocycles. The molecule has 0 saturated heterocycles. The molecule has 0 aliphatic heterocycles. The van der Waals surface area contributed by atoms with Gasteiger partial charge in [-0.1, -0.05) is 74.0 Å². The van der Waals surface area contributed by atoms with Gasteiger partial charge in [-0.05, 0) is 58.2 Å². The Hall–Kier alpha value is -2.08. The molecule has 0 heteroatoms. The molecule has 0 spiro atoms. The maximum Gasteiger partial charge on any atom is -0.0103 e. The number of rotatable bonds is 2. The Bertz CT molecular complexity index is 808. The van der Waals surface area contributed by atoms with Crippen molar-refractivity contribution in [2.45, 2.75) is 32.6 Å². The highest BCUT2D eigenvalue weighted by atomic mass is 14.2. The van der Waals surface area contributed by atoms with Crippen molar-refractivity contribution in [3.05, 3.63) is 71.8 Å². The van der Waals surface area contributed by atoms with Crippen molar-refractivity contribution in [2.75, 3.05) is 0 Å². The summed E-state index contributed by atoms with van der Waals surface area (Å²) in [4.78, 5) is 0. The minimum atomic E-state index is 0.871. The summed E-state index contributed by atoms with van der Waals surface area (Å²) >= 11 is 0. The molecule has 3 aromatic carbocycles. The zero-order valence-corrected chi connectivity index (χ0v) is 13.2. The van der Waals surface area contributed by atoms with E-state index in [-0.39, 0.29) is 0 Å². The zero-order chi connectivity index (χ0) is 14.9. The molecular weight excluding hydrogens is 264 g/mol. The highest BCUT2D eigenvalue weighted by Gasteiger charge is 2.20. The summed E-state index contributed by atoms with van der Waals surface area (Å²) in [5, 5.41) is 2.70. The highest BCUT2D eigenvalue weighted by Crippen LogP contribution is 2.37. The van der Waals surface area contributed by atoms with Crippen molar-refractivity contribution in [2.24, 2.45) is 5.92 Å². The molecule has 1 aliphatic rings. The van der Waals surface area contributed by atoms with Gasteiger partial charge >= 0.3 is 0 Å². The van der Waals surface area contributed by atoms with Gasteiger partial charge < -0.3 is 0 Å². The van der Waals surface area contributed by atoms with Crippen molar-refractivity contribution in [3.8, 4) is 11.1 Å². The summed E-state index contributed by atoms with van der Waals surface area (Å²) in [5.41, 5.74) is 6.00.